The summed E-state index contributed by atoms with van der Waals surface area (Å²) in [5.74, 6) is -0.227. The Morgan fingerprint density at radius 2 is 2.05 bits per heavy atom. The average Bonchev–Trinajstić information content (AvgIpc) is 2.98. The number of hydrogen-bond acceptors (Lipinski definition) is 3. The lowest BCUT2D eigenvalue weighted by atomic mass is 10.0. The first kappa shape index (κ1) is 14.3. The summed E-state index contributed by atoms with van der Waals surface area (Å²) in [7, 11) is 0. The zero-order valence-corrected chi connectivity index (χ0v) is 13.0. The van der Waals surface area contributed by atoms with Gasteiger partial charge in [0.1, 0.15) is 10.7 Å². The van der Waals surface area contributed by atoms with Crippen molar-refractivity contribution >= 4 is 29.1 Å². The maximum Gasteiger partial charge on any atom is 0.339 e. The van der Waals surface area contributed by atoms with E-state index >= 15 is 0 Å². The Balaban J connectivity index is 2.10. The van der Waals surface area contributed by atoms with Crippen molar-refractivity contribution in [3.63, 3.8) is 0 Å². The highest BCUT2D eigenvalue weighted by atomic mass is 32.1. The molecule has 1 saturated carbocycles. The number of hydrogen-bond donors (Lipinski definition) is 1. The van der Waals surface area contributed by atoms with Gasteiger partial charge in [0.05, 0.1) is 5.56 Å². The van der Waals surface area contributed by atoms with Gasteiger partial charge in [-0.05, 0) is 38.2 Å². The summed E-state index contributed by atoms with van der Waals surface area (Å²) in [6, 6.07) is 7.76. The number of aromatic amines is 1. The molecule has 1 fully saturated rings. The molecular weight excluding hydrogens is 282 g/mol. The van der Waals surface area contributed by atoms with Crippen molar-refractivity contribution in [1.29, 1.82) is 0 Å². The summed E-state index contributed by atoms with van der Waals surface area (Å²) in [6.07, 6.45) is 5.03. The highest BCUT2D eigenvalue weighted by Gasteiger charge is 2.23. The Labute approximate surface area is 129 Å². The molecule has 0 amide bonds. The van der Waals surface area contributed by atoms with Crippen LogP contribution in [-0.4, -0.2) is 17.1 Å². The monoisotopic (exact) mass is 301 g/mol. The van der Waals surface area contributed by atoms with Gasteiger partial charge in [0.15, 0.2) is 0 Å². The van der Waals surface area contributed by atoms with Crippen LogP contribution in [0.2, 0.25) is 0 Å². The van der Waals surface area contributed by atoms with Crippen LogP contribution in [0.1, 0.15) is 48.5 Å². The number of aromatic nitrogens is 1. The topological polar surface area (TPSA) is 42.1 Å². The van der Waals surface area contributed by atoms with Crippen molar-refractivity contribution in [2.45, 2.75) is 45.1 Å². The minimum atomic E-state index is -0.227. The second-order valence-electron chi connectivity index (χ2n) is 5.52. The predicted molar refractivity (Wildman–Crippen MR) is 86.2 cm³/mol. The number of para-hydroxylation sites is 1. The lowest BCUT2D eigenvalue weighted by Crippen LogP contribution is -2.17. The summed E-state index contributed by atoms with van der Waals surface area (Å²) < 4.78 is 6.34. The molecule has 0 radical (unpaired) electrons. The van der Waals surface area contributed by atoms with E-state index in [1.807, 2.05) is 31.2 Å². The van der Waals surface area contributed by atoms with E-state index in [9.17, 15) is 4.79 Å². The molecule has 1 aromatic heterocycles. The third-order valence-corrected chi connectivity index (χ3v) is 4.50. The molecule has 1 aliphatic carbocycles. The van der Waals surface area contributed by atoms with E-state index in [0.29, 0.717) is 10.2 Å². The lowest BCUT2D eigenvalue weighted by molar-refractivity contribution is 0.0319. The first-order valence-electron chi connectivity index (χ1n) is 7.55. The standard InChI is InChI=1S/C17H19NO2S/c1-2-12-15(17(19)20-11-7-3-4-8-11)13-9-5-6-10-14(13)18-16(12)21/h5-6,9-11H,2-4,7-8H2,1H3,(H,18,21). The molecule has 1 N–H and O–H groups in total. The van der Waals surface area contributed by atoms with Crippen LogP contribution in [-0.2, 0) is 11.2 Å². The van der Waals surface area contributed by atoms with Crippen LogP contribution in [0.25, 0.3) is 10.9 Å². The molecule has 0 atom stereocenters. The number of benzene rings is 1. The summed E-state index contributed by atoms with van der Waals surface area (Å²) in [4.78, 5) is 15.9. The van der Waals surface area contributed by atoms with Gasteiger partial charge in [-0.2, -0.15) is 0 Å². The second-order valence-corrected chi connectivity index (χ2v) is 5.93. The Morgan fingerprint density at radius 3 is 2.76 bits per heavy atom. The summed E-state index contributed by atoms with van der Waals surface area (Å²) in [5, 5.41) is 0.894. The first-order valence-corrected chi connectivity index (χ1v) is 7.96. The molecule has 2 aromatic rings. The number of rotatable bonds is 3. The lowest BCUT2D eigenvalue weighted by Gasteiger charge is -2.15. The molecule has 0 bridgehead atoms. The quantitative estimate of drug-likeness (QED) is 0.667. The van der Waals surface area contributed by atoms with Gasteiger partial charge in [-0.15, -0.1) is 0 Å². The summed E-state index contributed by atoms with van der Waals surface area (Å²) >= 11 is 5.40. The van der Waals surface area contributed by atoms with Crippen LogP contribution in [0.15, 0.2) is 24.3 Å². The van der Waals surface area contributed by atoms with E-state index in [2.05, 4.69) is 4.98 Å². The van der Waals surface area contributed by atoms with E-state index < -0.39 is 0 Å². The van der Waals surface area contributed by atoms with Crippen LogP contribution in [0, 0.1) is 4.64 Å². The van der Waals surface area contributed by atoms with Gasteiger partial charge in [0.2, 0.25) is 0 Å². The fourth-order valence-corrected chi connectivity index (χ4v) is 3.43. The molecule has 3 rings (SSSR count). The number of nitrogens with one attached hydrogen (secondary N) is 1. The molecule has 4 heteroatoms. The van der Waals surface area contributed by atoms with E-state index in [1.165, 1.54) is 0 Å². The minimum absolute atomic E-state index is 0.0683. The fraction of sp³-hybridized carbons (Fsp3) is 0.412. The Hall–Kier alpha value is -1.68. The van der Waals surface area contributed by atoms with Crippen molar-refractivity contribution in [1.82, 2.24) is 4.98 Å². The van der Waals surface area contributed by atoms with Gasteiger partial charge < -0.3 is 9.72 Å². The highest BCUT2D eigenvalue weighted by Crippen LogP contribution is 2.27. The van der Waals surface area contributed by atoms with Gasteiger partial charge in [-0.3, -0.25) is 0 Å². The fourth-order valence-electron chi connectivity index (χ4n) is 3.07. The summed E-state index contributed by atoms with van der Waals surface area (Å²) in [5.41, 5.74) is 2.41. The number of H-pyrrole nitrogens is 1. The average molecular weight is 301 g/mol. The molecule has 0 unspecified atom stereocenters. The number of ether oxygens (including phenoxy) is 1. The van der Waals surface area contributed by atoms with Crippen molar-refractivity contribution in [3.8, 4) is 0 Å². The largest absolute Gasteiger partial charge is 0.459 e. The van der Waals surface area contributed by atoms with Gasteiger partial charge in [0.25, 0.3) is 0 Å². The molecule has 1 aliphatic rings. The zero-order chi connectivity index (χ0) is 14.8. The van der Waals surface area contributed by atoms with Crippen LogP contribution in [0.4, 0.5) is 0 Å². The van der Waals surface area contributed by atoms with E-state index in [4.69, 9.17) is 17.0 Å². The molecule has 110 valence electrons. The second kappa shape index (κ2) is 5.98. The maximum atomic E-state index is 12.7. The van der Waals surface area contributed by atoms with Crippen LogP contribution >= 0.6 is 12.2 Å². The Morgan fingerprint density at radius 1 is 1.33 bits per heavy atom. The van der Waals surface area contributed by atoms with Crippen molar-refractivity contribution in [3.05, 3.63) is 40.0 Å². The molecule has 0 spiro atoms. The number of carbonyl (C=O) groups is 1. The molecule has 3 nitrogen and oxygen atoms in total. The first-order chi connectivity index (χ1) is 10.2. The third-order valence-electron chi connectivity index (χ3n) is 4.15. The van der Waals surface area contributed by atoms with Crippen molar-refractivity contribution < 1.29 is 9.53 Å². The molecule has 1 aromatic carbocycles. The van der Waals surface area contributed by atoms with Gasteiger partial charge in [-0.25, -0.2) is 4.79 Å². The molecule has 0 saturated heterocycles. The van der Waals surface area contributed by atoms with Crippen LogP contribution < -0.4 is 0 Å². The number of carbonyl (C=O) groups excluding carboxylic acids is 1. The van der Waals surface area contributed by atoms with Gasteiger partial charge >= 0.3 is 5.97 Å². The van der Waals surface area contributed by atoms with Gasteiger partial charge in [-0.1, -0.05) is 37.3 Å². The van der Waals surface area contributed by atoms with Crippen LogP contribution in [0.3, 0.4) is 0 Å². The molecule has 1 heterocycles. The Kier molecular flexibility index (Phi) is 4.06. The normalized spacial score (nSPS) is 15.5. The minimum Gasteiger partial charge on any atom is -0.459 e. The summed E-state index contributed by atoms with van der Waals surface area (Å²) in [6.45, 7) is 2.01. The SMILES string of the molecule is CCc1c(C(=O)OC2CCCC2)c2ccccc2[nH]c1=S. The molecular formula is C17H19NO2S. The van der Waals surface area contributed by atoms with E-state index in [-0.39, 0.29) is 12.1 Å². The maximum absolute atomic E-state index is 12.7. The highest BCUT2D eigenvalue weighted by molar-refractivity contribution is 7.71. The van der Waals surface area contributed by atoms with Crippen LogP contribution in [0.5, 0.6) is 0 Å². The van der Waals surface area contributed by atoms with E-state index in [0.717, 1.165) is 48.6 Å². The predicted octanol–water partition coefficient (Wildman–Crippen LogP) is 4.56. The number of esters is 1. The Bertz CT molecular complexity index is 729. The van der Waals surface area contributed by atoms with Gasteiger partial charge in [0, 0.05) is 16.5 Å². The van der Waals surface area contributed by atoms with Crippen molar-refractivity contribution in [2.24, 2.45) is 0 Å². The van der Waals surface area contributed by atoms with Crippen molar-refractivity contribution in [2.75, 3.05) is 0 Å². The smallest absolute Gasteiger partial charge is 0.339 e. The number of fused-ring (bicyclic) bond motifs is 1. The third kappa shape index (κ3) is 2.72. The molecule has 0 aliphatic heterocycles. The zero-order valence-electron chi connectivity index (χ0n) is 12.1. The number of pyridine rings is 1. The molecule has 21 heavy (non-hydrogen) atoms. The van der Waals surface area contributed by atoms with E-state index in [1.54, 1.807) is 0 Å².